The smallest absolute Gasteiger partial charge is 0.123 e. The highest BCUT2D eigenvalue weighted by Crippen LogP contribution is 2.33. The maximum atomic E-state index is 10.2. The van der Waals surface area contributed by atoms with Gasteiger partial charge in [0.2, 0.25) is 0 Å². The molecule has 0 aliphatic heterocycles. The van der Waals surface area contributed by atoms with Crippen LogP contribution >= 0.6 is 0 Å². The summed E-state index contributed by atoms with van der Waals surface area (Å²) in [5.74, 6) is 0.214. The Balaban J connectivity index is 2.62. The van der Waals surface area contributed by atoms with Crippen LogP contribution in [0, 0.1) is 5.92 Å². The molecule has 88 valence electrons. The molecule has 0 aliphatic carbocycles. The monoisotopic (exact) mass is 228 g/mol. The Morgan fingerprint density at radius 3 is 2.41 bits per heavy atom. The zero-order valence-corrected chi connectivity index (χ0v) is 9.80. The van der Waals surface area contributed by atoms with Crippen molar-refractivity contribution in [2.75, 3.05) is 0 Å². The van der Waals surface area contributed by atoms with E-state index in [9.17, 15) is 10.2 Å². The number of benzene rings is 2. The van der Waals surface area contributed by atoms with Gasteiger partial charge in [-0.05, 0) is 17.0 Å². The van der Waals surface area contributed by atoms with Gasteiger partial charge in [-0.25, -0.2) is 0 Å². The van der Waals surface area contributed by atoms with Crippen LogP contribution in [-0.4, -0.2) is 10.2 Å². The van der Waals surface area contributed by atoms with Crippen LogP contribution in [0.2, 0.25) is 0 Å². The van der Waals surface area contributed by atoms with Crippen LogP contribution in [0.1, 0.15) is 18.6 Å². The topological polar surface area (TPSA) is 40.5 Å². The van der Waals surface area contributed by atoms with E-state index in [0.29, 0.717) is 0 Å². The van der Waals surface area contributed by atoms with Gasteiger partial charge in [0.15, 0.2) is 0 Å². The fourth-order valence-electron chi connectivity index (χ4n) is 1.98. The Labute approximate surface area is 101 Å². The van der Waals surface area contributed by atoms with E-state index >= 15 is 0 Å². The molecular formula is C15H16O2. The summed E-state index contributed by atoms with van der Waals surface area (Å²) in [4.78, 5) is 0. The molecule has 17 heavy (non-hydrogen) atoms. The molecule has 2 aromatic rings. The summed E-state index contributed by atoms with van der Waals surface area (Å²) in [7, 11) is 0. The molecule has 0 fully saturated rings. The van der Waals surface area contributed by atoms with E-state index in [1.54, 1.807) is 18.2 Å². The van der Waals surface area contributed by atoms with Crippen LogP contribution < -0.4 is 0 Å². The highest BCUT2D eigenvalue weighted by Gasteiger charge is 2.16. The predicted molar refractivity (Wildman–Crippen MR) is 69.9 cm³/mol. The van der Waals surface area contributed by atoms with Crippen molar-refractivity contribution in [3.63, 3.8) is 0 Å². The van der Waals surface area contributed by atoms with Crippen LogP contribution in [0.3, 0.4) is 0 Å². The van der Waals surface area contributed by atoms with Gasteiger partial charge in [-0.1, -0.05) is 43.3 Å². The van der Waals surface area contributed by atoms with Crippen molar-refractivity contribution in [1.82, 2.24) is 0 Å². The SMILES string of the molecule is C=C[C@H](C)[C@@H](O)c1ccc(O)c2ccccc12. The number of fused-ring (bicyclic) bond motifs is 1. The van der Waals surface area contributed by atoms with E-state index in [4.69, 9.17) is 0 Å². The van der Waals surface area contributed by atoms with Crippen LogP contribution in [0.25, 0.3) is 10.8 Å². The van der Waals surface area contributed by atoms with Crippen molar-refractivity contribution in [3.8, 4) is 5.75 Å². The summed E-state index contributed by atoms with van der Waals surface area (Å²) in [6.45, 7) is 5.61. The van der Waals surface area contributed by atoms with Gasteiger partial charge in [-0.3, -0.25) is 0 Å². The summed E-state index contributed by atoms with van der Waals surface area (Å²) in [5.41, 5.74) is 0.825. The van der Waals surface area contributed by atoms with E-state index in [-0.39, 0.29) is 11.7 Å². The summed E-state index contributed by atoms with van der Waals surface area (Å²) in [5, 5.41) is 21.6. The molecule has 2 heteroatoms. The van der Waals surface area contributed by atoms with E-state index in [1.165, 1.54) is 0 Å². The first-order valence-electron chi connectivity index (χ1n) is 5.66. The number of aliphatic hydroxyl groups excluding tert-OH is 1. The Kier molecular flexibility index (Phi) is 3.16. The normalized spacial score (nSPS) is 14.5. The molecule has 2 rings (SSSR count). The summed E-state index contributed by atoms with van der Waals surface area (Å²) in [6.07, 6.45) is 1.13. The Morgan fingerprint density at radius 2 is 1.76 bits per heavy atom. The van der Waals surface area contributed by atoms with Crippen molar-refractivity contribution in [1.29, 1.82) is 0 Å². The van der Waals surface area contributed by atoms with Crippen molar-refractivity contribution < 1.29 is 10.2 Å². The second kappa shape index (κ2) is 4.60. The number of hydrogen-bond acceptors (Lipinski definition) is 2. The molecule has 0 saturated heterocycles. The molecule has 2 atom stereocenters. The largest absolute Gasteiger partial charge is 0.507 e. The van der Waals surface area contributed by atoms with E-state index in [2.05, 4.69) is 6.58 Å². The third kappa shape index (κ3) is 2.04. The zero-order chi connectivity index (χ0) is 12.4. The van der Waals surface area contributed by atoms with Crippen LogP contribution in [-0.2, 0) is 0 Å². The number of rotatable bonds is 3. The van der Waals surface area contributed by atoms with Crippen molar-refractivity contribution in [2.24, 2.45) is 5.92 Å². The minimum Gasteiger partial charge on any atom is -0.507 e. The molecule has 0 aliphatic rings. The van der Waals surface area contributed by atoms with Gasteiger partial charge in [-0.2, -0.15) is 0 Å². The van der Waals surface area contributed by atoms with Crippen LogP contribution in [0.5, 0.6) is 5.75 Å². The quantitative estimate of drug-likeness (QED) is 0.790. The maximum Gasteiger partial charge on any atom is 0.123 e. The third-order valence-corrected chi connectivity index (χ3v) is 3.12. The standard InChI is InChI=1S/C15H16O2/c1-3-10(2)15(17)13-8-9-14(16)12-7-5-4-6-11(12)13/h3-10,15-17H,1H2,2H3/t10-,15+/m0/s1. The molecule has 0 saturated carbocycles. The molecule has 2 aromatic carbocycles. The van der Waals surface area contributed by atoms with Gasteiger partial charge < -0.3 is 10.2 Å². The molecule has 2 N–H and O–H groups in total. The molecule has 2 nitrogen and oxygen atoms in total. The van der Waals surface area contributed by atoms with Gasteiger partial charge in [0.1, 0.15) is 5.75 Å². The highest BCUT2D eigenvalue weighted by atomic mass is 16.3. The molecule has 0 bridgehead atoms. The number of phenolic OH excluding ortho intramolecular Hbond substituents is 1. The van der Waals surface area contributed by atoms with Gasteiger partial charge in [0.25, 0.3) is 0 Å². The molecule has 0 aromatic heterocycles. The first-order valence-corrected chi connectivity index (χ1v) is 5.66. The second-order valence-corrected chi connectivity index (χ2v) is 4.26. The lowest BCUT2D eigenvalue weighted by Crippen LogP contribution is -2.06. The predicted octanol–water partition coefficient (Wildman–Crippen LogP) is 3.40. The first-order chi connectivity index (χ1) is 8.15. The molecule has 0 amide bonds. The van der Waals surface area contributed by atoms with Gasteiger partial charge in [-0.15, -0.1) is 6.58 Å². The molecule has 0 unspecified atom stereocenters. The average Bonchev–Trinajstić information content (AvgIpc) is 2.38. The highest BCUT2D eigenvalue weighted by molar-refractivity contribution is 5.91. The van der Waals surface area contributed by atoms with Crippen LogP contribution in [0.15, 0.2) is 49.1 Å². The van der Waals surface area contributed by atoms with Crippen molar-refractivity contribution >= 4 is 10.8 Å². The van der Waals surface area contributed by atoms with Gasteiger partial charge in [0.05, 0.1) is 6.10 Å². The molecule has 0 spiro atoms. The fraction of sp³-hybridized carbons (Fsp3) is 0.200. The third-order valence-electron chi connectivity index (χ3n) is 3.12. The molecule has 0 radical (unpaired) electrons. The number of phenols is 1. The zero-order valence-electron chi connectivity index (χ0n) is 9.80. The summed E-state index contributed by atoms with van der Waals surface area (Å²) >= 11 is 0. The van der Waals surface area contributed by atoms with E-state index < -0.39 is 6.10 Å². The lowest BCUT2D eigenvalue weighted by Gasteiger charge is -2.18. The second-order valence-electron chi connectivity index (χ2n) is 4.26. The Hall–Kier alpha value is -1.80. The Morgan fingerprint density at radius 1 is 1.12 bits per heavy atom. The lowest BCUT2D eigenvalue weighted by molar-refractivity contribution is 0.141. The van der Waals surface area contributed by atoms with E-state index in [1.807, 2.05) is 31.2 Å². The minimum absolute atomic E-state index is 0.0250. The summed E-state index contributed by atoms with van der Waals surface area (Å²) < 4.78 is 0. The summed E-state index contributed by atoms with van der Waals surface area (Å²) in [6, 6.07) is 10.9. The van der Waals surface area contributed by atoms with Gasteiger partial charge >= 0.3 is 0 Å². The number of hydrogen-bond donors (Lipinski definition) is 2. The average molecular weight is 228 g/mol. The first kappa shape index (κ1) is 11.7. The fourth-order valence-corrected chi connectivity index (χ4v) is 1.98. The van der Waals surface area contributed by atoms with Crippen LogP contribution in [0.4, 0.5) is 0 Å². The molecular weight excluding hydrogens is 212 g/mol. The lowest BCUT2D eigenvalue weighted by atomic mass is 9.93. The number of aromatic hydroxyl groups is 1. The van der Waals surface area contributed by atoms with Crippen molar-refractivity contribution in [2.45, 2.75) is 13.0 Å². The molecule has 0 heterocycles. The van der Waals surface area contributed by atoms with Gasteiger partial charge in [0, 0.05) is 11.3 Å². The Bertz CT molecular complexity index is 546. The van der Waals surface area contributed by atoms with Crippen molar-refractivity contribution in [3.05, 3.63) is 54.6 Å². The number of aliphatic hydroxyl groups is 1. The van der Waals surface area contributed by atoms with E-state index in [0.717, 1.165) is 16.3 Å². The maximum absolute atomic E-state index is 10.2. The minimum atomic E-state index is -0.599.